The van der Waals surface area contributed by atoms with E-state index in [4.69, 9.17) is 13.9 Å². The maximum atomic E-state index is 13.8. The summed E-state index contributed by atoms with van der Waals surface area (Å²) in [5.74, 6) is -0.262. The Morgan fingerprint density at radius 3 is 2.56 bits per heavy atom. The molecule has 5 unspecified atom stereocenters. The normalized spacial score (nSPS) is 30.0. The lowest BCUT2D eigenvalue weighted by Gasteiger charge is -2.46. The van der Waals surface area contributed by atoms with Gasteiger partial charge in [-0.15, -0.1) is 0 Å². The average Bonchev–Trinajstić information content (AvgIpc) is 3.59. The van der Waals surface area contributed by atoms with Crippen molar-refractivity contribution in [3.05, 3.63) is 32.7 Å². The molecule has 3 aliphatic rings. The van der Waals surface area contributed by atoms with Gasteiger partial charge in [0.2, 0.25) is 0 Å². The molecule has 5 atom stereocenters. The lowest BCUT2D eigenvalue weighted by atomic mass is 9.84. The van der Waals surface area contributed by atoms with E-state index in [2.05, 4.69) is 0 Å². The highest BCUT2D eigenvalue weighted by Gasteiger charge is 2.59. The van der Waals surface area contributed by atoms with Crippen molar-refractivity contribution >= 4 is 11.6 Å². The lowest BCUT2D eigenvalue weighted by molar-refractivity contribution is -0.139. The Morgan fingerprint density at radius 2 is 1.92 bits per heavy atom. The molecule has 0 radical (unpaired) electrons. The molecule has 4 rings (SSSR count). The highest BCUT2D eigenvalue weighted by atomic mass is 19.4. The van der Waals surface area contributed by atoms with Crippen LogP contribution in [-0.4, -0.2) is 65.4 Å². The van der Waals surface area contributed by atoms with Crippen molar-refractivity contribution in [2.24, 2.45) is 5.92 Å². The Hall–Kier alpha value is -1.72. The maximum absolute atomic E-state index is 13.8. The van der Waals surface area contributed by atoms with Crippen LogP contribution in [0.15, 0.2) is 15.3 Å². The van der Waals surface area contributed by atoms with E-state index in [1.807, 2.05) is 44.5 Å². The molecular weight excluding hydrogens is 477 g/mol. The molecule has 36 heavy (non-hydrogen) atoms. The first-order valence-corrected chi connectivity index (χ1v) is 12.8. The van der Waals surface area contributed by atoms with Crippen molar-refractivity contribution in [3.63, 3.8) is 0 Å². The first-order chi connectivity index (χ1) is 16.9. The van der Waals surface area contributed by atoms with E-state index < -0.39 is 35.2 Å². The quantitative estimate of drug-likeness (QED) is 0.401. The number of aliphatic hydroxyl groups is 1. The third-order valence-corrected chi connectivity index (χ3v) is 7.72. The third-order valence-electron chi connectivity index (χ3n) is 7.72. The molecule has 2 aliphatic heterocycles. The van der Waals surface area contributed by atoms with Gasteiger partial charge in [-0.1, -0.05) is 32.8 Å². The monoisotopic (exact) mass is 514 g/mol. The summed E-state index contributed by atoms with van der Waals surface area (Å²) in [7, 11) is 1.94. The number of hydrogen-bond acceptors (Lipinski definition) is 7. The summed E-state index contributed by atoms with van der Waals surface area (Å²) >= 11 is 0. The van der Waals surface area contributed by atoms with Crippen LogP contribution in [0, 0.1) is 5.92 Å². The van der Waals surface area contributed by atoms with Gasteiger partial charge in [0.25, 0.3) is 0 Å². The van der Waals surface area contributed by atoms with Crippen LogP contribution in [-0.2, 0) is 15.7 Å². The number of likely N-dealkylation sites (N-methyl/N-ethyl adjacent to an activating group) is 1. The van der Waals surface area contributed by atoms with Crippen LogP contribution in [0.2, 0.25) is 0 Å². The number of aliphatic hydroxyl groups excluding tert-OH is 1. The number of halogens is 3. The highest BCUT2D eigenvalue weighted by molar-refractivity contribution is 5.56. The summed E-state index contributed by atoms with van der Waals surface area (Å²) in [6.45, 7) is 8.77. The summed E-state index contributed by atoms with van der Waals surface area (Å²) in [6.07, 6.45) is -1.27. The molecule has 0 amide bonds. The molecule has 2 saturated heterocycles. The summed E-state index contributed by atoms with van der Waals surface area (Å²) in [5.41, 5.74) is -1.82. The molecule has 0 saturated carbocycles. The van der Waals surface area contributed by atoms with Crippen molar-refractivity contribution in [2.45, 2.75) is 96.3 Å². The molecule has 0 aromatic carbocycles. The van der Waals surface area contributed by atoms with E-state index in [1.54, 1.807) is 6.08 Å². The minimum atomic E-state index is -4.65. The van der Waals surface area contributed by atoms with E-state index in [-0.39, 0.29) is 29.0 Å². The van der Waals surface area contributed by atoms with Gasteiger partial charge in [0.1, 0.15) is 11.6 Å². The molecular formula is C26H37F3N2O5. The van der Waals surface area contributed by atoms with Crippen LogP contribution in [0.4, 0.5) is 13.2 Å². The Balaban J connectivity index is 1.56. The maximum Gasteiger partial charge on any atom is 0.417 e. The highest BCUT2D eigenvalue weighted by Crippen LogP contribution is 2.42. The fraction of sp³-hybridized carbons (Fsp3) is 0.731. The summed E-state index contributed by atoms with van der Waals surface area (Å²) < 4.78 is 58.7. The Labute approximate surface area is 209 Å². The molecule has 2 fully saturated rings. The molecule has 1 N–H and O–H groups in total. The molecule has 0 spiro atoms. The minimum absolute atomic E-state index is 0.000472. The molecule has 1 aromatic heterocycles. The second-order valence-electron chi connectivity index (χ2n) is 10.6. The molecule has 202 valence electrons. The van der Waals surface area contributed by atoms with Crippen molar-refractivity contribution in [1.29, 1.82) is 0 Å². The van der Waals surface area contributed by atoms with E-state index >= 15 is 0 Å². The SMILES string of the molecule is CCCC1=c2oc(=O)cc(C(F)(F)F)c2=CC(CCC)C1OCCCN1C2OC2N(C)C(C)(C)C1O. The van der Waals surface area contributed by atoms with E-state index in [0.717, 1.165) is 6.42 Å². The summed E-state index contributed by atoms with van der Waals surface area (Å²) in [4.78, 5) is 16.0. The number of ether oxygens (including phenoxy) is 2. The molecule has 1 aromatic rings. The van der Waals surface area contributed by atoms with Crippen LogP contribution >= 0.6 is 0 Å². The molecule has 10 heteroatoms. The number of nitrogens with zero attached hydrogens (tertiary/aromatic N) is 2. The average molecular weight is 515 g/mol. The lowest BCUT2D eigenvalue weighted by Crippen LogP contribution is -2.64. The topological polar surface area (TPSA) is 78.7 Å². The number of fused-ring (bicyclic) bond motifs is 2. The third kappa shape index (κ3) is 5.03. The van der Waals surface area contributed by atoms with Crippen LogP contribution in [0.3, 0.4) is 0 Å². The largest absolute Gasteiger partial charge is 0.423 e. The fourth-order valence-electron chi connectivity index (χ4n) is 5.53. The van der Waals surface area contributed by atoms with Gasteiger partial charge in [-0.3, -0.25) is 4.90 Å². The number of hydrogen-bond donors (Lipinski definition) is 1. The van der Waals surface area contributed by atoms with Gasteiger partial charge in [-0.25, -0.2) is 9.69 Å². The Bertz CT molecular complexity index is 1130. The van der Waals surface area contributed by atoms with Crippen LogP contribution in [0.25, 0.3) is 11.6 Å². The van der Waals surface area contributed by atoms with Crippen molar-refractivity contribution in [3.8, 4) is 0 Å². The minimum Gasteiger partial charge on any atom is -0.423 e. The molecule has 0 bridgehead atoms. The molecule has 3 heterocycles. The standard InChI is InChI=1S/C26H37F3N2O5/c1-6-9-15-13-17-18(26(27,28)29)14-19(32)35-21(17)16(10-7-2)20(15)34-12-8-11-31-23-22(36-23)30(5)25(3,4)24(31)33/h13-15,20,22-24,33H,6-12H2,1-5H3. The van der Waals surface area contributed by atoms with E-state index in [9.17, 15) is 23.1 Å². The predicted octanol–water partition coefficient (Wildman–Crippen LogP) is 2.62. The number of rotatable bonds is 9. The zero-order valence-corrected chi connectivity index (χ0v) is 21.6. The van der Waals surface area contributed by atoms with Gasteiger partial charge < -0.3 is 19.0 Å². The van der Waals surface area contributed by atoms with Crippen LogP contribution < -0.4 is 16.3 Å². The van der Waals surface area contributed by atoms with Gasteiger partial charge in [0, 0.05) is 35.9 Å². The zero-order valence-electron chi connectivity index (χ0n) is 21.6. The van der Waals surface area contributed by atoms with Gasteiger partial charge in [-0.05, 0) is 40.2 Å². The number of epoxide rings is 1. The first-order valence-electron chi connectivity index (χ1n) is 12.8. The number of alkyl halides is 3. The van der Waals surface area contributed by atoms with Crippen molar-refractivity contribution in [1.82, 2.24) is 9.80 Å². The first kappa shape index (κ1) is 27.3. The van der Waals surface area contributed by atoms with Crippen LogP contribution in [0.1, 0.15) is 65.4 Å². The fourth-order valence-corrected chi connectivity index (χ4v) is 5.53. The van der Waals surface area contributed by atoms with E-state index in [1.165, 1.54) is 0 Å². The summed E-state index contributed by atoms with van der Waals surface area (Å²) in [5, 5.41) is 10.8. The second-order valence-corrected chi connectivity index (χ2v) is 10.6. The van der Waals surface area contributed by atoms with Crippen LogP contribution in [0.5, 0.6) is 0 Å². The Kier molecular flexibility index (Phi) is 7.75. The number of piperazine rings is 1. The Morgan fingerprint density at radius 1 is 1.19 bits per heavy atom. The van der Waals surface area contributed by atoms with Gasteiger partial charge in [0.05, 0.1) is 17.2 Å². The van der Waals surface area contributed by atoms with Gasteiger partial charge in [-0.2, -0.15) is 13.2 Å². The van der Waals surface area contributed by atoms with Gasteiger partial charge >= 0.3 is 11.8 Å². The smallest absolute Gasteiger partial charge is 0.417 e. The summed E-state index contributed by atoms with van der Waals surface area (Å²) in [6, 6.07) is 0.541. The molecule has 7 nitrogen and oxygen atoms in total. The zero-order chi connectivity index (χ0) is 26.4. The van der Waals surface area contributed by atoms with Gasteiger partial charge in [0.15, 0.2) is 12.5 Å². The predicted molar refractivity (Wildman–Crippen MR) is 128 cm³/mol. The molecule has 1 aliphatic carbocycles. The van der Waals surface area contributed by atoms with Crippen molar-refractivity contribution < 1.29 is 32.2 Å². The van der Waals surface area contributed by atoms with E-state index in [0.29, 0.717) is 50.5 Å². The van der Waals surface area contributed by atoms with Crippen molar-refractivity contribution in [2.75, 3.05) is 20.2 Å². The second kappa shape index (κ2) is 10.2.